The number of hydrogen-bond donors (Lipinski definition) is 0. The number of hydrogen-bond acceptors (Lipinski definition) is 5. The second-order valence-electron chi connectivity index (χ2n) is 10.0. The topological polar surface area (TPSA) is 64.7 Å². The summed E-state index contributed by atoms with van der Waals surface area (Å²) in [5, 5.41) is -2.21. The van der Waals surface area contributed by atoms with Crippen LogP contribution in [-0.4, -0.2) is 34.4 Å². The van der Waals surface area contributed by atoms with Gasteiger partial charge in [0.1, 0.15) is 0 Å². The van der Waals surface area contributed by atoms with Gasteiger partial charge in [-0.25, -0.2) is 0 Å². The SMILES string of the molecule is [2H]c1c([2H])c([2H])c(-c2nc(-c3c([2H])c([2H])c4c([2H])c([2H])c5c([2H])c([2H])c6nc(-c7c([2H])c([2H])c([2H])c([2H])c7[2H])oc6c5c4c3[2H])nc(-c3c([2H])c([2H])c([2H])c4c3[se]c3c([2H])c([2H])c([2H])c([2H])c34)n2)c([2H])c1[2H]. The van der Waals surface area contributed by atoms with Crippen LogP contribution in [0, 0.1) is 0 Å². The van der Waals surface area contributed by atoms with E-state index in [9.17, 15) is 5.48 Å². The average molecular weight is 704 g/mol. The zero-order valence-corrected chi connectivity index (χ0v) is 25.3. The Balaban J connectivity index is 1.39. The quantitative estimate of drug-likeness (QED) is 0.135. The van der Waals surface area contributed by atoms with E-state index in [1.807, 2.05) is 0 Å². The molecule has 0 aliphatic carbocycles. The van der Waals surface area contributed by atoms with Crippen LogP contribution >= 0.6 is 0 Å². The maximum absolute atomic E-state index is 9.84. The molecule has 0 aliphatic rings. The van der Waals surface area contributed by atoms with Crippen LogP contribution in [0.1, 0.15) is 32.9 Å². The van der Waals surface area contributed by atoms with Gasteiger partial charge >= 0.3 is 270 Å². The number of benzene rings is 7. The third-order valence-electron chi connectivity index (χ3n) is 7.24. The van der Waals surface area contributed by atoms with E-state index in [0.29, 0.717) is 0 Å². The molecule has 10 aromatic rings. The van der Waals surface area contributed by atoms with Gasteiger partial charge in [0.05, 0.1) is 8.22 Å². The fourth-order valence-electron chi connectivity index (χ4n) is 5.15. The molecule has 0 aliphatic heterocycles. The summed E-state index contributed by atoms with van der Waals surface area (Å²) in [6.07, 6.45) is 0. The van der Waals surface area contributed by atoms with Gasteiger partial charge in [0.25, 0.3) is 0 Å². The van der Waals surface area contributed by atoms with Gasteiger partial charge in [-0.2, -0.15) is 0 Å². The molecule has 0 saturated heterocycles. The van der Waals surface area contributed by atoms with Crippen molar-refractivity contribution >= 4 is 66.4 Å². The van der Waals surface area contributed by atoms with Crippen molar-refractivity contribution in [2.24, 2.45) is 0 Å². The number of oxazole rings is 1. The van der Waals surface area contributed by atoms with Crippen molar-refractivity contribution in [3.05, 3.63) is 145 Å². The van der Waals surface area contributed by atoms with E-state index in [2.05, 4.69) is 19.9 Å². The van der Waals surface area contributed by atoms with E-state index in [0.717, 1.165) is 0 Å². The standard InChI is InChI=1S/C42H24N4OSe/c1-3-10-27(11-4-1)39-44-40(46-41(45-39)32-16-9-15-31-30-14-7-8-17-35(30)48-38(31)32)29-21-19-25-18-20-26-22-23-34-37(36(26)33(25)24-29)47-42(43-34)28-12-5-2-6-13-28/h1-24H/i1D,2D,3D,4D,5D,6D,7D,8D,9D,10D,11D,12D,13D,14D,15D,16D,17D,18D,19D,20D,21D,22D,23D,24D. The predicted octanol–water partition coefficient (Wildman–Crippen LogP) is 10.4. The van der Waals surface area contributed by atoms with E-state index < -0.39 is 232 Å². The predicted molar refractivity (Wildman–Crippen MR) is 196 cm³/mol. The van der Waals surface area contributed by atoms with Crippen molar-refractivity contribution in [3.8, 4) is 45.6 Å². The minimum absolute atomic E-state index is 0.0150. The Labute approximate surface area is 314 Å². The van der Waals surface area contributed by atoms with Gasteiger partial charge in [0.2, 0.25) is 0 Å². The van der Waals surface area contributed by atoms with Gasteiger partial charge < -0.3 is 0 Å². The van der Waals surface area contributed by atoms with Crippen molar-refractivity contribution in [3.63, 3.8) is 0 Å². The summed E-state index contributed by atoms with van der Waals surface area (Å²) in [4.78, 5) is 17.7. The van der Waals surface area contributed by atoms with Crippen LogP contribution in [0.5, 0.6) is 0 Å². The van der Waals surface area contributed by atoms with Gasteiger partial charge in [0, 0.05) is 5.56 Å². The zero-order valence-electron chi connectivity index (χ0n) is 47.6. The van der Waals surface area contributed by atoms with Crippen molar-refractivity contribution in [2.45, 2.75) is 0 Å². The summed E-state index contributed by atoms with van der Waals surface area (Å²) in [6.45, 7) is 0. The monoisotopic (exact) mass is 704 g/mol. The minimum atomic E-state index is -1.17. The maximum atomic E-state index is 9.84. The van der Waals surface area contributed by atoms with Crippen LogP contribution in [0.2, 0.25) is 0 Å². The molecule has 0 bridgehead atoms. The second-order valence-corrected chi connectivity index (χ2v) is 12.2. The van der Waals surface area contributed by atoms with Crippen LogP contribution in [0.3, 0.4) is 0 Å². The number of rotatable bonds is 4. The Hall–Kier alpha value is -5.94. The number of fused-ring (bicyclic) bond motifs is 8. The molecule has 0 spiro atoms. The van der Waals surface area contributed by atoms with Gasteiger partial charge in [-0.05, 0) is 12.1 Å². The summed E-state index contributed by atoms with van der Waals surface area (Å²) >= 11 is -1.17. The molecule has 48 heavy (non-hydrogen) atoms. The first-order valence-corrected chi connectivity index (χ1v) is 15.6. The van der Waals surface area contributed by atoms with E-state index >= 15 is 0 Å². The molecule has 0 saturated carbocycles. The average Bonchev–Trinajstić information content (AvgIpc) is 3.97. The molecule has 3 aromatic heterocycles. The van der Waals surface area contributed by atoms with E-state index in [1.165, 1.54) is 0 Å². The molecule has 5 nitrogen and oxygen atoms in total. The van der Waals surface area contributed by atoms with Crippen LogP contribution in [0.25, 0.3) is 97.6 Å². The molecule has 0 unspecified atom stereocenters. The zero-order chi connectivity index (χ0) is 52.5. The molecule has 10 rings (SSSR count). The molecule has 0 amide bonds. The normalized spacial score (nSPS) is 18.8. The summed E-state index contributed by atoms with van der Waals surface area (Å²) < 4.78 is 216. The Morgan fingerprint density at radius 1 is 0.500 bits per heavy atom. The van der Waals surface area contributed by atoms with Gasteiger partial charge in [-0.3, -0.25) is 0 Å². The Bertz CT molecular complexity index is 4170. The molecule has 0 radical (unpaired) electrons. The molecule has 224 valence electrons. The molecule has 0 fully saturated rings. The molecular formula is C42H24N4OSe. The first-order chi connectivity index (χ1) is 33.8. The van der Waals surface area contributed by atoms with Crippen LogP contribution in [-0.2, 0) is 0 Å². The first kappa shape index (κ1) is 12.6. The van der Waals surface area contributed by atoms with Crippen LogP contribution in [0.15, 0.2) is 149 Å². The molecule has 0 N–H and O–H groups in total. The van der Waals surface area contributed by atoms with Crippen molar-refractivity contribution in [1.82, 2.24) is 19.9 Å². The number of aromatic nitrogens is 4. The van der Waals surface area contributed by atoms with Crippen molar-refractivity contribution < 1.29 is 37.3 Å². The van der Waals surface area contributed by atoms with E-state index in [4.69, 9.17) is 31.8 Å². The second kappa shape index (κ2) is 10.8. The number of nitrogens with zero attached hydrogens (tertiary/aromatic N) is 4. The Kier molecular flexibility index (Phi) is 2.84. The van der Waals surface area contributed by atoms with Crippen LogP contribution < -0.4 is 0 Å². The third-order valence-corrected chi connectivity index (χ3v) is 9.60. The fourth-order valence-corrected chi connectivity index (χ4v) is 7.38. The van der Waals surface area contributed by atoms with Gasteiger partial charge in [0.15, 0.2) is 0 Å². The Morgan fingerprint density at radius 2 is 1.17 bits per heavy atom. The molecule has 0 atom stereocenters. The van der Waals surface area contributed by atoms with Crippen molar-refractivity contribution in [2.75, 3.05) is 0 Å². The summed E-state index contributed by atoms with van der Waals surface area (Å²) in [5.41, 5.74) is -3.22. The summed E-state index contributed by atoms with van der Waals surface area (Å²) in [6, 6.07) is -17.8. The van der Waals surface area contributed by atoms with Gasteiger partial charge in [-0.15, -0.1) is 0 Å². The summed E-state index contributed by atoms with van der Waals surface area (Å²) in [7, 11) is 0. The third kappa shape index (κ3) is 4.38. The fraction of sp³-hybridized carbons (Fsp3) is 0. The molecule has 3 heterocycles. The van der Waals surface area contributed by atoms with E-state index in [1.54, 1.807) is 0 Å². The first-order valence-electron chi connectivity index (χ1n) is 25.9. The Morgan fingerprint density at radius 3 is 2.02 bits per heavy atom. The van der Waals surface area contributed by atoms with Gasteiger partial charge in [-0.1, -0.05) is 18.1 Å². The van der Waals surface area contributed by atoms with E-state index in [-0.39, 0.29) is 24.9 Å². The molecular weight excluding hydrogens is 655 g/mol. The van der Waals surface area contributed by atoms with Crippen LogP contribution in [0.4, 0.5) is 0 Å². The summed E-state index contributed by atoms with van der Waals surface area (Å²) in [5.74, 6) is -2.73. The van der Waals surface area contributed by atoms with Crippen molar-refractivity contribution in [1.29, 1.82) is 0 Å². The molecule has 7 aromatic carbocycles. The molecule has 6 heteroatoms.